The van der Waals surface area contributed by atoms with Crippen molar-refractivity contribution in [1.29, 1.82) is 0 Å². The molecule has 0 unspecified atom stereocenters. The molecule has 3 aromatic carbocycles. The van der Waals surface area contributed by atoms with E-state index < -0.39 is 34.2 Å². The van der Waals surface area contributed by atoms with Crippen LogP contribution in [0.3, 0.4) is 0 Å². The number of benzene rings is 3. The SMILES string of the molecule is CCc1cc(-c2nnn(Cc3cc(C(F)(F)F)ccc3F)c2-c2ccc3c(c2)OCCO3)c(O[Si](C)(C)C(C)(C)C)cc1O[Si](C)(C)C(C)(C)C. The van der Waals surface area contributed by atoms with Gasteiger partial charge in [0.2, 0.25) is 8.32 Å². The summed E-state index contributed by atoms with van der Waals surface area (Å²) in [5.74, 6) is 1.62. The first-order valence-electron chi connectivity index (χ1n) is 17.3. The summed E-state index contributed by atoms with van der Waals surface area (Å²) in [6.45, 7) is 24.3. The highest BCUT2D eigenvalue weighted by Crippen LogP contribution is 2.47. The molecular weight excluding hydrogens is 695 g/mol. The Labute approximate surface area is 300 Å². The van der Waals surface area contributed by atoms with Crippen molar-refractivity contribution in [3.05, 3.63) is 71.0 Å². The minimum Gasteiger partial charge on any atom is -0.543 e. The molecule has 5 rings (SSSR count). The van der Waals surface area contributed by atoms with Crippen LogP contribution in [0.4, 0.5) is 17.6 Å². The van der Waals surface area contributed by atoms with Crippen molar-refractivity contribution < 1.29 is 35.9 Å². The summed E-state index contributed by atoms with van der Waals surface area (Å²) >= 11 is 0. The van der Waals surface area contributed by atoms with E-state index in [1.807, 2.05) is 18.2 Å². The van der Waals surface area contributed by atoms with E-state index in [2.05, 4.69) is 85.0 Å². The number of halogens is 4. The Hall–Kier alpha value is -3.85. The van der Waals surface area contributed by atoms with Crippen molar-refractivity contribution in [2.45, 2.75) is 104 Å². The van der Waals surface area contributed by atoms with Crippen LogP contribution >= 0.6 is 0 Å². The molecular formula is C38H49F4N3O4Si2. The normalized spacial score (nSPS) is 14.1. The molecule has 1 aliphatic heterocycles. The van der Waals surface area contributed by atoms with Gasteiger partial charge in [-0.1, -0.05) is 53.7 Å². The lowest BCUT2D eigenvalue weighted by molar-refractivity contribution is -0.137. The van der Waals surface area contributed by atoms with E-state index in [1.54, 1.807) is 12.1 Å². The van der Waals surface area contributed by atoms with Gasteiger partial charge in [-0.2, -0.15) is 13.2 Å². The van der Waals surface area contributed by atoms with Crippen molar-refractivity contribution in [1.82, 2.24) is 15.0 Å². The number of aromatic nitrogens is 3. The second-order valence-corrected chi connectivity index (χ2v) is 25.6. The maximum Gasteiger partial charge on any atom is 0.416 e. The van der Waals surface area contributed by atoms with Gasteiger partial charge in [-0.3, -0.25) is 0 Å². The van der Waals surface area contributed by atoms with Gasteiger partial charge in [-0.15, -0.1) is 5.10 Å². The maximum atomic E-state index is 15.2. The molecule has 0 aliphatic carbocycles. The third-order valence-electron chi connectivity index (χ3n) is 10.4. The Bertz CT molecular complexity index is 1910. The summed E-state index contributed by atoms with van der Waals surface area (Å²) in [6.07, 6.45) is -3.99. The fraction of sp³-hybridized carbons (Fsp3) is 0.474. The molecule has 0 bridgehead atoms. The number of nitrogens with zero attached hydrogens (tertiary/aromatic N) is 3. The second kappa shape index (κ2) is 13.6. The highest BCUT2D eigenvalue weighted by molar-refractivity contribution is 6.75. The molecule has 0 amide bonds. The van der Waals surface area contributed by atoms with Crippen LogP contribution in [0.1, 0.15) is 65.2 Å². The minimum absolute atomic E-state index is 0.0517. The third kappa shape index (κ3) is 7.98. The quantitative estimate of drug-likeness (QED) is 0.126. The standard InChI is InChI=1S/C38H49F4N3O4Si2/c1-12-24-20-28(32(49-51(10,11)37(5,6)7)22-31(24)48-50(8,9)36(2,3)4)34-35(25-13-16-30-33(21-25)47-18-17-46-30)45(44-43-34)23-26-19-27(38(40,41)42)14-15-29(26)39/h13-16,19-22H,12,17-18,23H2,1-11H3. The first kappa shape index (κ1) is 38.4. The number of hydrogen-bond donors (Lipinski definition) is 0. The van der Waals surface area contributed by atoms with Crippen molar-refractivity contribution in [2.24, 2.45) is 0 Å². The number of hydrogen-bond acceptors (Lipinski definition) is 6. The van der Waals surface area contributed by atoms with Crippen molar-refractivity contribution >= 4 is 16.6 Å². The number of rotatable bonds is 9. The average Bonchev–Trinajstić information content (AvgIpc) is 3.43. The number of aryl methyl sites for hydroxylation is 1. The zero-order valence-electron chi connectivity index (χ0n) is 31.4. The zero-order valence-corrected chi connectivity index (χ0v) is 33.4. The van der Waals surface area contributed by atoms with E-state index in [0.29, 0.717) is 59.4 Å². The van der Waals surface area contributed by atoms with Crippen LogP contribution in [0.2, 0.25) is 36.3 Å². The lowest BCUT2D eigenvalue weighted by Gasteiger charge is -2.39. The predicted molar refractivity (Wildman–Crippen MR) is 197 cm³/mol. The zero-order chi connectivity index (χ0) is 37.7. The van der Waals surface area contributed by atoms with Gasteiger partial charge in [0.1, 0.15) is 36.2 Å². The first-order chi connectivity index (χ1) is 23.5. The van der Waals surface area contributed by atoms with Crippen LogP contribution in [0.5, 0.6) is 23.0 Å². The summed E-state index contributed by atoms with van der Waals surface area (Å²) in [7, 11) is -4.72. The fourth-order valence-electron chi connectivity index (χ4n) is 5.22. The second-order valence-electron chi connectivity index (χ2n) is 16.1. The van der Waals surface area contributed by atoms with E-state index in [4.69, 9.17) is 18.3 Å². The fourth-order valence-corrected chi connectivity index (χ4v) is 7.29. The van der Waals surface area contributed by atoms with Crippen molar-refractivity contribution in [2.75, 3.05) is 13.2 Å². The van der Waals surface area contributed by atoms with Gasteiger partial charge in [-0.25, -0.2) is 9.07 Å². The summed E-state index contributed by atoms with van der Waals surface area (Å²) < 4.78 is 83.3. The highest BCUT2D eigenvalue weighted by Gasteiger charge is 2.42. The average molecular weight is 744 g/mol. The van der Waals surface area contributed by atoms with E-state index in [-0.39, 0.29) is 22.2 Å². The monoisotopic (exact) mass is 743 g/mol. The van der Waals surface area contributed by atoms with Crippen molar-refractivity contribution in [3.8, 4) is 45.5 Å². The van der Waals surface area contributed by atoms with Crippen LogP contribution in [0.15, 0.2) is 48.5 Å². The summed E-state index contributed by atoms with van der Waals surface area (Å²) in [6, 6.07) is 11.8. The molecule has 2 heterocycles. The molecule has 51 heavy (non-hydrogen) atoms. The summed E-state index contributed by atoms with van der Waals surface area (Å²) in [5.41, 5.74) is 1.99. The van der Waals surface area contributed by atoms with Crippen LogP contribution in [0.25, 0.3) is 22.5 Å². The van der Waals surface area contributed by atoms with Gasteiger partial charge in [0.15, 0.2) is 11.5 Å². The molecule has 0 fully saturated rings. The van der Waals surface area contributed by atoms with E-state index in [0.717, 1.165) is 29.5 Å². The van der Waals surface area contributed by atoms with Crippen LogP contribution in [0, 0.1) is 5.82 Å². The number of alkyl halides is 3. The molecule has 13 heteroatoms. The molecule has 0 saturated carbocycles. The minimum atomic E-state index is -4.64. The predicted octanol–water partition coefficient (Wildman–Crippen LogP) is 10.9. The smallest absolute Gasteiger partial charge is 0.416 e. The first-order valence-corrected chi connectivity index (χ1v) is 23.1. The van der Waals surface area contributed by atoms with E-state index in [1.165, 1.54) is 4.68 Å². The Kier molecular flexibility index (Phi) is 10.2. The Balaban J connectivity index is 1.77. The van der Waals surface area contributed by atoms with Crippen molar-refractivity contribution in [3.63, 3.8) is 0 Å². The lowest BCUT2D eigenvalue weighted by Crippen LogP contribution is -2.44. The Morgan fingerprint density at radius 2 is 1.37 bits per heavy atom. The molecule has 0 atom stereocenters. The van der Waals surface area contributed by atoms with Gasteiger partial charge >= 0.3 is 6.18 Å². The molecule has 1 aromatic heterocycles. The van der Waals surface area contributed by atoms with Gasteiger partial charge < -0.3 is 18.3 Å². The molecule has 1 aliphatic rings. The number of fused-ring (bicyclic) bond motifs is 1. The van der Waals surface area contributed by atoms with Gasteiger partial charge in [0.25, 0.3) is 8.32 Å². The molecule has 4 aromatic rings. The van der Waals surface area contributed by atoms with Gasteiger partial charge in [0, 0.05) is 22.8 Å². The summed E-state index contributed by atoms with van der Waals surface area (Å²) in [5, 5.41) is 8.89. The molecule has 0 spiro atoms. The lowest BCUT2D eigenvalue weighted by atomic mass is 9.99. The molecule has 276 valence electrons. The maximum absolute atomic E-state index is 15.2. The van der Waals surface area contributed by atoms with E-state index in [9.17, 15) is 13.2 Å². The van der Waals surface area contributed by atoms with Crippen LogP contribution in [-0.2, 0) is 19.1 Å². The summed E-state index contributed by atoms with van der Waals surface area (Å²) in [4.78, 5) is 0. The molecule has 0 radical (unpaired) electrons. The topological polar surface area (TPSA) is 67.6 Å². The largest absolute Gasteiger partial charge is 0.543 e. The molecule has 7 nitrogen and oxygen atoms in total. The molecule has 0 saturated heterocycles. The van der Waals surface area contributed by atoms with Gasteiger partial charge in [0.05, 0.1) is 17.8 Å². The highest BCUT2D eigenvalue weighted by atomic mass is 28.4. The Morgan fingerprint density at radius 3 is 1.96 bits per heavy atom. The Morgan fingerprint density at radius 1 is 0.765 bits per heavy atom. The third-order valence-corrected chi connectivity index (χ3v) is 19.1. The van der Waals surface area contributed by atoms with E-state index >= 15 is 4.39 Å². The van der Waals surface area contributed by atoms with Gasteiger partial charge in [-0.05, 0) is 90.7 Å². The molecule has 0 N–H and O–H groups in total. The van der Waals surface area contributed by atoms with Crippen LogP contribution < -0.4 is 18.3 Å². The number of ether oxygens (including phenoxy) is 2. The van der Waals surface area contributed by atoms with Crippen LogP contribution in [-0.4, -0.2) is 44.8 Å².